The molecule has 7 rings (SSSR count). The van der Waals surface area contributed by atoms with Gasteiger partial charge >= 0.3 is 0 Å². The summed E-state index contributed by atoms with van der Waals surface area (Å²) in [5.74, 6) is 1.02. The minimum Gasteiger partial charge on any atom is -0.391 e. The largest absolute Gasteiger partial charge is 0.391 e. The average Bonchev–Trinajstić information content (AvgIpc) is 4.22. The van der Waals surface area contributed by atoms with Gasteiger partial charge in [-0.15, -0.1) is 11.3 Å². The quantitative estimate of drug-likeness (QED) is 0.0327. The fourth-order valence-electron chi connectivity index (χ4n) is 9.98. The predicted molar refractivity (Wildman–Crippen MR) is 311 cm³/mol. The number of nitrogens with zero attached hydrogens (tertiary/aromatic N) is 7. The van der Waals surface area contributed by atoms with Gasteiger partial charge < -0.3 is 41.1 Å². The molecule has 5 heterocycles. The Balaban J connectivity index is 0.703. The second kappa shape index (κ2) is 28.7. The maximum atomic E-state index is 14.0. The number of rotatable bonds is 26. The zero-order valence-corrected chi connectivity index (χ0v) is 48.6. The first kappa shape index (κ1) is 59.6. The first-order chi connectivity index (χ1) is 37.4. The van der Waals surface area contributed by atoms with Crippen LogP contribution in [0.5, 0.6) is 0 Å². The van der Waals surface area contributed by atoms with E-state index in [-0.39, 0.29) is 49.0 Å². The number of aliphatic hydroxyl groups is 1. The predicted octanol–water partition coefficient (Wildman–Crippen LogP) is 10.6. The van der Waals surface area contributed by atoms with E-state index >= 15 is 0 Å². The number of para-hydroxylation sites is 1. The fourth-order valence-corrected chi connectivity index (χ4v) is 11.8. The van der Waals surface area contributed by atoms with Gasteiger partial charge in [-0.2, -0.15) is 0 Å². The van der Waals surface area contributed by atoms with Gasteiger partial charge in [-0.25, -0.2) is 19.9 Å². The van der Waals surface area contributed by atoms with Gasteiger partial charge in [0.1, 0.15) is 34.4 Å². The van der Waals surface area contributed by atoms with Gasteiger partial charge in [-0.1, -0.05) is 144 Å². The number of aromatic nitrogens is 4. The van der Waals surface area contributed by atoms with Crippen molar-refractivity contribution >= 4 is 86.3 Å². The average molecular weight is 1120 g/mol. The molecule has 0 aliphatic carbocycles. The molecule has 20 heteroatoms. The molecule has 0 radical (unpaired) electrons. The van der Waals surface area contributed by atoms with Crippen LogP contribution in [0.25, 0.3) is 10.4 Å². The number of unbranched alkanes of at least 4 members (excludes halogenated alkanes) is 11. The number of likely N-dealkylation sites (tertiary alicyclic amines) is 1. The number of amides is 5. The first-order valence-electron chi connectivity index (χ1n) is 27.7. The lowest BCUT2D eigenvalue weighted by Gasteiger charge is -2.35. The van der Waals surface area contributed by atoms with Gasteiger partial charge in [0.15, 0.2) is 5.13 Å². The summed E-state index contributed by atoms with van der Waals surface area (Å²) >= 11 is 9.11. The molecule has 5 aromatic rings. The van der Waals surface area contributed by atoms with Gasteiger partial charge in [0.2, 0.25) is 23.6 Å². The number of aliphatic hydroxyl groups excluding tert-OH is 1. The molecule has 17 nitrogen and oxygen atoms in total. The number of carbonyl (C=O) groups is 5. The van der Waals surface area contributed by atoms with E-state index in [1.165, 1.54) is 54.5 Å². The Morgan fingerprint density at radius 1 is 0.821 bits per heavy atom. The molecule has 0 saturated carbocycles. The van der Waals surface area contributed by atoms with E-state index in [2.05, 4.69) is 46.1 Å². The Morgan fingerprint density at radius 2 is 1.47 bits per heavy atom. The lowest BCUT2D eigenvalue weighted by Crippen LogP contribution is -2.57. The van der Waals surface area contributed by atoms with Crippen molar-refractivity contribution in [1.82, 2.24) is 40.4 Å². The molecule has 78 heavy (non-hydrogen) atoms. The number of anilines is 4. The molecule has 3 aromatic heterocycles. The lowest BCUT2D eigenvalue weighted by molar-refractivity contribution is -0.144. The van der Waals surface area contributed by atoms with E-state index < -0.39 is 23.6 Å². The van der Waals surface area contributed by atoms with Crippen molar-refractivity contribution in [2.24, 2.45) is 5.41 Å². The van der Waals surface area contributed by atoms with E-state index in [1.54, 1.807) is 17.4 Å². The first-order valence-corrected chi connectivity index (χ1v) is 29.7. The molecule has 3 atom stereocenters. The second-order valence-electron chi connectivity index (χ2n) is 21.8. The van der Waals surface area contributed by atoms with Crippen LogP contribution >= 0.6 is 34.3 Å². The monoisotopic (exact) mass is 1120 g/mol. The lowest BCUT2D eigenvalue weighted by atomic mass is 9.85. The summed E-state index contributed by atoms with van der Waals surface area (Å²) in [6.45, 7) is 14.4. The van der Waals surface area contributed by atoms with Crippen LogP contribution in [-0.2, 0) is 25.7 Å². The Bertz CT molecular complexity index is 2790. The van der Waals surface area contributed by atoms with Crippen LogP contribution < -0.4 is 26.2 Å². The molecule has 2 saturated heterocycles. The van der Waals surface area contributed by atoms with Crippen LogP contribution in [0, 0.1) is 26.2 Å². The van der Waals surface area contributed by atoms with Crippen LogP contribution in [0.3, 0.4) is 0 Å². The van der Waals surface area contributed by atoms with Crippen molar-refractivity contribution in [1.29, 1.82) is 0 Å². The summed E-state index contributed by atoms with van der Waals surface area (Å²) in [6, 6.07) is 13.6. The van der Waals surface area contributed by atoms with E-state index in [1.807, 2.05) is 94.4 Å². The zero-order chi connectivity index (χ0) is 55.8. The number of hydrogen-bond donors (Lipinski definition) is 5. The summed E-state index contributed by atoms with van der Waals surface area (Å²) in [7, 11) is 0. The summed E-state index contributed by atoms with van der Waals surface area (Å²) in [6.07, 6.45) is 14.6. The number of halogens is 1. The maximum Gasteiger partial charge on any atom is 0.267 e. The smallest absolute Gasteiger partial charge is 0.267 e. The third kappa shape index (κ3) is 17.2. The molecule has 0 spiro atoms. The molecule has 2 aliphatic rings. The topological polar surface area (TPSA) is 215 Å². The summed E-state index contributed by atoms with van der Waals surface area (Å²) < 4.78 is 0. The van der Waals surface area contributed by atoms with Crippen LogP contribution in [-0.4, -0.2) is 115 Å². The van der Waals surface area contributed by atoms with Crippen LogP contribution in [0.15, 0.2) is 60.2 Å². The van der Waals surface area contributed by atoms with Crippen molar-refractivity contribution in [2.45, 2.75) is 163 Å². The van der Waals surface area contributed by atoms with E-state index in [9.17, 15) is 29.1 Å². The van der Waals surface area contributed by atoms with Gasteiger partial charge in [0, 0.05) is 64.6 Å². The second-order valence-corrected chi connectivity index (χ2v) is 24.0. The highest BCUT2D eigenvalue weighted by Gasteiger charge is 2.44. The highest BCUT2D eigenvalue weighted by molar-refractivity contribution is 7.17. The molecular formula is C58H78ClN11O6S2. The number of aryl methyl sites for hydroxylation is 3. The minimum atomic E-state index is -0.839. The van der Waals surface area contributed by atoms with Gasteiger partial charge in [0.05, 0.1) is 39.1 Å². The SMILES string of the molecule is Cc1nc(Nc2ncc(C(=O)Nc3c(C)cccc3Cl)s2)cc(N2CCN(C(=O)CCCCCCCCCCCCCCC(=O)NC(C(=O)N3CC(O)CC3C(=O)NCc3ccc(-c4scnc4C)cc3)C(C)(C)C)CC2)n1. The van der Waals surface area contributed by atoms with Gasteiger partial charge in [-0.3, -0.25) is 24.0 Å². The Hall–Kier alpha value is -6.02. The van der Waals surface area contributed by atoms with Gasteiger partial charge in [0.25, 0.3) is 5.91 Å². The number of β-amino-alcohol motifs (C(OH)–C–C–N with tert-alkyl or cyclic N) is 1. The molecule has 2 fully saturated rings. The highest BCUT2D eigenvalue weighted by Crippen LogP contribution is 2.31. The highest BCUT2D eigenvalue weighted by atomic mass is 35.5. The van der Waals surface area contributed by atoms with Crippen molar-refractivity contribution in [2.75, 3.05) is 48.3 Å². The van der Waals surface area contributed by atoms with Crippen molar-refractivity contribution in [3.05, 3.63) is 92.8 Å². The third-order valence-corrected chi connectivity index (χ3v) is 16.7. The number of piperazine rings is 1. The van der Waals surface area contributed by atoms with E-state index in [0.717, 1.165) is 78.0 Å². The van der Waals surface area contributed by atoms with E-state index in [4.69, 9.17) is 11.6 Å². The van der Waals surface area contributed by atoms with Crippen LogP contribution in [0.1, 0.15) is 149 Å². The number of hydrogen-bond acceptors (Lipinski definition) is 14. The number of thiazole rings is 2. The Labute approximate surface area is 472 Å². The molecule has 420 valence electrons. The van der Waals surface area contributed by atoms with Crippen molar-refractivity contribution in [3.8, 4) is 10.4 Å². The molecule has 2 aromatic carbocycles. The fraction of sp³-hybridized carbons (Fsp3) is 0.534. The molecule has 5 N–H and O–H groups in total. The Morgan fingerprint density at radius 3 is 2.10 bits per heavy atom. The number of carbonyl (C=O) groups excluding carboxylic acids is 5. The normalized spacial score (nSPS) is 16.0. The van der Waals surface area contributed by atoms with E-state index in [0.29, 0.717) is 71.4 Å². The van der Waals surface area contributed by atoms with Crippen LogP contribution in [0.4, 0.5) is 22.5 Å². The summed E-state index contributed by atoms with van der Waals surface area (Å²) in [5.41, 5.74) is 5.62. The van der Waals surface area contributed by atoms with Crippen molar-refractivity contribution < 1.29 is 29.1 Å². The number of benzene rings is 2. The van der Waals surface area contributed by atoms with Gasteiger partial charge in [-0.05, 0) is 61.8 Å². The Kier molecular flexibility index (Phi) is 22.0. The molecule has 0 bridgehead atoms. The van der Waals surface area contributed by atoms with Crippen molar-refractivity contribution in [3.63, 3.8) is 0 Å². The third-order valence-electron chi connectivity index (χ3n) is 14.5. The molecule has 5 amide bonds. The molecular weight excluding hydrogens is 1050 g/mol. The van der Waals surface area contributed by atoms with Crippen LogP contribution in [0.2, 0.25) is 5.02 Å². The zero-order valence-electron chi connectivity index (χ0n) is 46.2. The standard InChI is InChI=1S/C58H78ClN11O6S2/c1-38-20-19-21-44(59)51(38)67-55(75)46-35-61-57(78-46)65-47-33-48(64-40(3)63-47)68-28-30-69(31-29-68)50(73)23-18-16-14-12-10-8-7-9-11-13-15-17-22-49(72)66-53(58(4,5)6)56(76)70-36-43(71)32-45(70)54(74)60-34-41-24-26-42(27-25-41)52-39(2)62-37-77-52/h19-21,24-27,33,35,37,43,45,53,71H,7-18,22-23,28-32,34,36H2,1-6H3,(H,60,74)(H,66,72)(H,67,75)(H,61,63,64,65). The number of nitrogens with one attached hydrogen (secondary N) is 4. The molecule has 3 unspecified atom stereocenters. The summed E-state index contributed by atoms with van der Waals surface area (Å²) in [5, 5.41) is 23.7. The summed E-state index contributed by atoms with van der Waals surface area (Å²) in [4.78, 5) is 91.8. The maximum absolute atomic E-state index is 14.0. The minimum absolute atomic E-state index is 0.0389. The molecule has 2 aliphatic heterocycles.